The van der Waals surface area contributed by atoms with E-state index in [4.69, 9.17) is 23.7 Å². The van der Waals surface area contributed by atoms with E-state index in [1.165, 1.54) is 7.11 Å². The highest BCUT2D eigenvalue weighted by atomic mass is 16.8. The van der Waals surface area contributed by atoms with Crippen LogP contribution in [-0.2, 0) is 23.7 Å². The third-order valence-corrected chi connectivity index (χ3v) is 5.39. The van der Waals surface area contributed by atoms with Crippen molar-refractivity contribution in [3.8, 4) is 34.5 Å². The van der Waals surface area contributed by atoms with Crippen molar-refractivity contribution in [2.45, 2.75) is 30.7 Å². The molecule has 2 fully saturated rings. The molecule has 0 amide bonds. The van der Waals surface area contributed by atoms with Crippen LogP contribution in [0.25, 0.3) is 0 Å². The van der Waals surface area contributed by atoms with Crippen LogP contribution in [0.3, 0.4) is 0 Å². The standard InChI is InChI=1S/C21H20O13/c1-30-17-16(33-19(28)7-2-9(22)14(26)10(23)3-7)13-6-31-21(32-13)18(17)34-20(29)8-4-11(24)15(27)12(25)5-8/h2-5,13,16-18,21-27H,6H2,1H3/t13-,16-,17+,18-,21-/m1/s1. The number of phenols is 6. The fourth-order valence-electron chi connectivity index (χ4n) is 3.70. The van der Waals surface area contributed by atoms with Gasteiger partial charge < -0.3 is 54.3 Å². The normalized spacial score (nSPS) is 25.6. The molecular formula is C21H20O13. The molecule has 0 spiro atoms. The Labute approximate surface area is 190 Å². The van der Waals surface area contributed by atoms with Crippen molar-refractivity contribution in [2.24, 2.45) is 0 Å². The van der Waals surface area contributed by atoms with Gasteiger partial charge in [-0.05, 0) is 24.3 Å². The molecule has 5 atom stereocenters. The average molecular weight is 480 g/mol. The third kappa shape index (κ3) is 4.07. The molecule has 0 radical (unpaired) electrons. The molecule has 2 bridgehead atoms. The van der Waals surface area contributed by atoms with Crippen LogP contribution < -0.4 is 0 Å². The van der Waals surface area contributed by atoms with E-state index < -0.39 is 77.1 Å². The molecule has 2 aromatic carbocycles. The molecule has 182 valence electrons. The number of aromatic hydroxyl groups is 6. The number of hydrogen-bond acceptors (Lipinski definition) is 13. The van der Waals surface area contributed by atoms with E-state index in [9.17, 15) is 40.2 Å². The number of methoxy groups -OCH3 is 1. The number of esters is 2. The number of hydrogen-bond donors (Lipinski definition) is 6. The minimum Gasteiger partial charge on any atom is -0.504 e. The van der Waals surface area contributed by atoms with Crippen LogP contribution in [0.5, 0.6) is 34.5 Å². The Morgan fingerprint density at radius 1 is 0.765 bits per heavy atom. The lowest BCUT2D eigenvalue weighted by Crippen LogP contribution is -2.57. The average Bonchev–Trinajstić information content (AvgIpc) is 3.24. The fourth-order valence-corrected chi connectivity index (χ4v) is 3.70. The number of fused-ring (bicyclic) bond motifs is 2. The Bertz CT molecular complexity index is 998. The Kier molecular flexibility index (Phi) is 6.00. The zero-order chi connectivity index (χ0) is 24.7. The quantitative estimate of drug-likeness (QED) is 0.254. The Hall–Kier alpha value is -3.94. The van der Waals surface area contributed by atoms with Gasteiger partial charge in [-0.25, -0.2) is 9.59 Å². The Morgan fingerprint density at radius 2 is 1.21 bits per heavy atom. The third-order valence-electron chi connectivity index (χ3n) is 5.39. The van der Waals surface area contributed by atoms with Crippen LogP contribution in [-0.4, -0.2) is 87.0 Å². The molecule has 2 saturated heterocycles. The lowest BCUT2D eigenvalue weighted by Gasteiger charge is -2.38. The molecule has 4 rings (SSSR count). The van der Waals surface area contributed by atoms with Gasteiger partial charge in [0.25, 0.3) is 0 Å². The van der Waals surface area contributed by atoms with Gasteiger partial charge in [-0.3, -0.25) is 0 Å². The summed E-state index contributed by atoms with van der Waals surface area (Å²) in [5.74, 6) is -6.65. The van der Waals surface area contributed by atoms with Crippen LogP contribution in [0.4, 0.5) is 0 Å². The molecule has 2 aliphatic rings. The van der Waals surface area contributed by atoms with E-state index in [1.807, 2.05) is 0 Å². The lowest BCUT2D eigenvalue weighted by atomic mass is 10.00. The van der Waals surface area contributed by atoms with Crippen molar-refractivity contribution < 1.29 is 63.9 Å². The van der Waals surface area contributed by atoms with E-state index >= 15 is 0 Å². The van der Waals surface area contributed by atoms with Gasteiger partial charge in [0, 0.05) is 7.11 Å². The summed E-state index contributed by atoms with van der Waals surface area (Å²) in [4.78, 5) is 25.3. The van der Waals surface area contributed by atoms with Crippen LogP contribution in [0.2, 0.25) is 0 Å². The SMILES string of the molecule is CO[C@@H]1[C@@H](OC(=O)c2cc(O)c(O)c(O)c2)[C@@H]2OC[C@@H](O2)[C@H]1OC(=O)c1cc(O)c(O)c(O)c1. The molecule has 0 saturated carbocycles. The summed E-state index contributed by atoms with van der Waals surface area (Å²) in [6.07, 6.45) is -5.37. The van der Waals surface area contributed by atoms with E-state index in [2.05, 4.69) is 0 Å². The summed E-state index contributed by atoms with van der Waals surface area (Å²) >= 11 is 0. The van der Waals surface area contributed by atoms with E-state index in [0.717, 1.165) is 24.3 Å². The molecule has 34 heavy (non-hydrogen) atoms. The molecule has 2 aromatic rings. The lowest BCUT2D eigenvalue weighted by molar-refractivity contribution is -0.234. The second-order valence-electron chi connectivity index (χ2n) is 7.54. The number of ether oxygens (including phenoxy) is 5. The van der Waals surface area contributed by atoms with Crippen molar-refractivity contribution in [2.75, 3.05) is 13.7 Å². The summed E-state index contributed by atoms with van der Waals surface area (Å²) in [6.45, 7) is -0.0383. The fraction of sp³-hybridized carbons (Fsp3) is 0.333. The molecule has 0 aliphatic carbocycles. The maximum absolute atomic E-state index is 12.7. The second kappa shape index (κ2) is 8.78. The van der Waals surface area contributed by atoms with Crippen molar-refractivity contribution in [3.63, 3.8) is 0 Å². The molecule has 0 aromatic heterocycles. The molecule has 13 nitrogen and oxygen atoms in total. The first-order valence-electron chi connectivity index (χ1n) is 9.82. The summed E-state index contributed by atoms with van der Waals surface area (Å²) in [5, 5.41) is 57.5. The van der Waals surface area contributed by atoms with Crippen LogP contribution >= 0.6 is 0 Å². The molecule has 2 aliphatic heterocycles. The number of phenolic OH excluding ortho intramolecular Hbond substituents is 6. The van der Waals surface area contributed by atoms with E-state index in [0.29, 0.717) is 0 Å². The summed E-state index contributed by atoms with van der Waals surface area (Å²) in [7, 11) is 1.27. The van der Waals surface area contributed by atoms with Gasteiger partial charge >= 0.3 is 11.9 Å². The number of carbonyl (C=O) groups excluding carboxylic acids is 2. The Morgan fingerprint density at radius 3 is 1.65 bits per heavy atom. The largest absolute Gasteiger partial charge is 0.504 e. The van der Waals surface area contributed by atoms with E-state index in [1.54, 1.807) is 0 Å². The zero-order valence-electron chi connectivity index (χ0n) is 17.4. The highest BCUT2D eigenvalue weighted by Gasteiger charge is 2.55. The van der Waals surface area contributed by atoms with Gasteiger partial charge in [-0.15, -0.1) is 0 Å². The summed E-state index contributed by atoms with van der Waals surface area (Å²) in [6, 6.07) is 3.53. The number of rotatable bonds is 5. The van der Waals surface area contributed by atoms with Gasteiger partial charge in [0.15, 0.2) is 53.0 Å². The highest BCUT2D eigenvalue weighted by molar-refractivity contribution is 5.92. The first-order chi connectivity index (χ1) is 16.1. The highest BCUT2D eigenvalue weighted by Crippen LogP contribution is 2.39. The maximum Gasteiger partial charge on any atom is 0.338 e. The van der Waals surface area contributed by atoms with Crippen LogP contribution in [0.1, 0.15) is 20.7 Å². The van der Waals surface area contributed by atoms with Gasteiger partial charge in [0.2, 0.25) is 0 Å². The van der Waals surface area contributed by atoms with Gasteiger partial charge in [-0.1, -0.05) is 0 Å². The molecule has 2 heterocycles. The Balaban J connectivity index is 1.56. The minimum atomic E-state index is -1.26. The van der Waals surface area contributed by atoms with Gasteiger partial charge in [0.1, 0.15) is 12.2 Å². The molecule has 0 unspecified atom stereocenters. The van der Waals surface area contributed by atoms with Gasteiger partial charge in [0.05, 0.1) is 17.7 Å². The zero-order valence-corrected chi connectivity index (χ0v) is 17.4. The smallest absolute Gasteiger partial charge is 0.338 e. The predicted molar refractivity (Wildman–Crippen MR) is 107 cm³/mol. The first kappa shape index (κ1) is 23.2. The second-order valence-corrected chi connectivity index (χ2v) is 7.54. The monoisotopic (exact) mass is 480 g/mol. The van der Waals surface area contributed by atoms with Crippen molar-refractivity contribution in [1.29, 1.82) is 0 Å². The number of carbonyl (C=O) groups is 2. The van der Waals surface area contributed by atoms with Crippen molar-refractivity contribution >= 4 is 11.9 Å². The van der Waals surface area contributed by atoms with Crippen molar-refractivity contribution in [3.05, 3.63) is 35.4 Å². The minimum absolute atomic E-state index is 0.0383. The maximum atomic E-state index is 12.7. The molecule has 6 N–H and O–H groups in total. The summed E-state index contributed by atoms with van der Waals surface area (Å²) in [5.41, 5.74) is -0.585. The van der Waals surface area contributed by atoms with Crippen molar-refractivity contribution in [1.82, 2.24) is 0 Å². The number of benzene rings is 2. The van der Waals surface area contributed by atoms with Gasteiger partial charge in [-0.2, -0.15) is 0 Å². The van der Waals surface area contributed by atoms with Crippen LogP contribution in [0, 0.1) is 0 Å². The summed E-state index contributed by atoms with van der Waals surface area (Å²) < 4.78 is 27.4. The predicted octanol–water partition coefficient (Wildman–Crippen LogP) is 0.441. The molecule has 13 heteroatoms. The molecular weight excluding hydrogens is 460 g/mol. The first-order valence-corrected chi connectivity index (χ1v) is 9.82. The van der Waals surface area contributed by atoms with E-state index in [-0.39, 0.29) is 17.7 Å². The topological polar surface area (TPSA) is 202 Å². The van der Waals surface area contributed by atoms with Crippen LogP contribution in [0.15, 0.2) is 24.3 Å².